The average Bonchev–Trinajstić information content (AvgIpc) is 3.40. The van der Waals surface area contributed by atoms with Crippen LogP contribution in [0.25, 0.3) is 0 Å². The van der Waals surface area contributed by atoms with Gasteiger partial charge in [0.15, 0.2) is 0 Å². The summed E-state index contributed by atoms with van der Waals surface area (Å²) in [5.74, 6) is 1.55. The van der Waals surface area contributed by atoms with Crippen LogP contribution in [-0.4, -0.2) is 54.6 Å². The minimum absolute atomic E-state index is 0.119. The summed E-state index contributed by atoms with van der Waals surface area (Å²) in [4.78, 5) is 20.7. The van der Waals surface area contributed by atoms with Crippen LogP contribution in [0.3, 0.4) is 0 Å². The van der Waals surface area contributed by atoms with Gasteiger partial charge in [0, 0.05) is 38.4 Å². The molecule has 1 aliphatic carbocycles. The van der Waals surface area contributed by atoms with Gasteiger partial charge < -0.3 is 10.2 Å². The molecule has 0 spiro atoms. The Morgan fingerprint density at radius 1 is 1.43 bits per heavy atom. The maximum atomic E-state index is 12.1. The Labute approximate surface area is 137 Å². The first-order valence-electron chi connectivity index (χ1n) is 8.29. The third-order valence-electron chi connectivity index (χ3n) is 4.66. The smallest absolute Gasteiger partial charge is 0.234 e. The quantitative estimate of drug-likeness (QED) is 0.877. The SMILES string of the molecule is CC(NC(=O)CN1CCN(c2ncccc2C#N)CC1)C1CC1. The molecule has 122 valence electrons. The molecule has 1 amide bonds. The van der Waals surface area contributed by atoms with Crippen molar-refractivity contribution in [3.05, 3.63) is 23.9 Å². The first kappa shape index (κ1) is 15.8. The van der Waals surface area contributed by atoms with Crippen LogP contribution in [0.1, 0.15) is 25.3 Å². The summed E-state index contributed by atoms with van der Waals surface area (Å²) in [6.45, 7) is 5.75. The van der Waals surface area contributed by atoms with Gasteiger partial charge in [-0.2, -0.15) is 5.26 Å². The number of hydrogen-bond acceptors (Lipinski definition) is 5. The lowest BCUT2D eigenvalue weighted by molar-refractivity contribution is -0.123. The fraction of sp³-hybridized carbons (Fsp3) is 0.588. The molecule has 23 heavy (non-hydrogen) atoms. The van der Waals surface area contributed by atoms with Crippen molar-refractivity contribution in [1.82, 2.24) is 15.2 Å². The summed E-state index contributed by atoms with van der Waals surface area (Å²) in [6.07, 6.45) is 4.20. The number of carbonyl (C=O) groups is 1. The van der Waals surface area contributed by atoms with Crippen molar-refractivity contribution in [1.29, 1.82) is 5.26 Å². The molecule has 6 nitrogen and oxygen atoms in total. The van der Waals surface area contributed by atoms with Crippen LogP contribution in [0.2, 0.25) is 0 Å². The zero-order valence-electron chi connectivity index (χ0n) is 13.5. The Morgan fingerprint density at radius 3 is 2.83 bits per heavy atom. The van der Waals surface area contributed by atoms with Gasteiger partial charge in [0.2, 0.25) is 5.91 Å². The van der Waals surface area contributed by atoms with E-state index in [1.807, 2.05) is 0 Å². The molecule has 2 heterocycles. The van der Waals surface area contributed by atoms with Crippen molar-refractivity contribution in [2.75, 3.05) is 37.6 Å². The summed E-state index contributed by atoms with van der Waals surface area (Å²) in [5.41, 5.74) is 0.608. The molecule has 0 aromatic carbocycles. The number of rotatable bonds is 5. The van der Waals surface area contributed by atoms with Gasteiger partial charge >= 0.3 is 0 Å². The number of hydrogen-bond donors (Lipinski definition) is 1. The van der Waals surface area contributed by atoms with Crippen molar-refractivity contribution in [3.8, 4) is 6.07 Å². The van der Waals surface area contributed by atoms with Crippen molar-refractivity contribution < 1.29 is 4.79 Å². The molecule has 2 fully saturated rings. The topological polar surface area (TPSA) is 72.3 Å². The van der Waals surface area contributed by atoms with Crippen molar-refractivity contribution >= 4 is 11.7 Å². The van der Waals surface area contributed by atoms with E-state index in [-0.39, 0.29) is 5.91 Å². The minimum Gasteiger partial charge on any atom is -0.353 e. The van der Waals surface area contributed by atoms with Crippen LogP contribution >= 0.6 is 0 Å². The van der Waals surface area contributed by atoms with Gasteiger partial charge in [0.05, 0.1) is 12.1 Å². The fourth-order valence-electron chi connectivity index (χ4n) is 3.07. The van der Waals surface area contributed by atoms with Gasteiger partial charge in [-0.05, 0) is 37.8 Å². The van der Waals surface area contributed by atoms with E-state index in [4.69, 9.17) is 0 Å². The second-order valence-electron chi connectivity index (χ2n) is 6.44. The zero-order chi connectivity index (χ0) is 16.2. The molecule has 0 bridgehead atoms. The molecular weight excluding hydrogens is 290 g/mol. The Hall–Kier alpha value is -2.13. The summed E-state index contributed by atoms with van der Waals surface area (Å²) in [6, 6.07) is 6.07. The zero-order valence-corrected chi connectivity index (χ0v) is 13.5. The van der Waals surface area contributed by atoms with Crippen LogP contribution in [0.5, 0.6) is 0 Å². The lowest BCUT2D eigenvalue weighted by Gasteiger charge is -2.35. The number of nitriles is 1. The van der Waals surface area contributed by atoms with Gasteiger partial charge in [-0.25, -0.2) is 4.98 Å². The highest BCUT2D eigenvalue weighted by molar-refractivity contribution is 5.78. The van der Waals surface area contributed by atoms with E-state index < -0.39 is 0 Å². The number of aromatic nitrogens is 1. The third-order valence-corrected chi connectivity index (χ3v) is 4.66. The van der Waals surface area contributed by atoms with Gasteiger partial charge in [0.25, 0.3) is 0 Å². The van der Waals surface area contributed by atoms with Crippen LogP contribution in [0.4, 0.5) is 5.82 Å². The van der Waals surface area contributed by atoms with E-state index in [9.17, 15) is 10.1 Å². The number of piperazine rings is 1. The minimum atomic E-state index is 0.119. The monoisotopic (exact) mass is 313 g/mol. The molecule has 1 aromatic rings. The molecule has 2 aliphatic rings. The van der Waals surface area contributed by atoms with E-state index in [2.05, 4.69) is 33.1 Å². The molecular formula is C17H23N5O. The maximum absolute atomic E-state index is 12.1. The van der Waals surface area contributed by atoms with E-state index in [1.54, 1.807) is 18.3 Å². The molecule has 1 aromatic heterocycles. The van der Waals surface area contributed by atoms with Crippen LogP contribution in [0.15, 0.2) is 18.3 Å². The van der Waals surface area contributed by atoms with Gasteiger partial charge in [0.1, 0.15) is 11.9 Å². The Balaban J connectivity index is 1.48. The first-order valence-corrected chi connectivity index (χ1v) is 8.29. The number of anilines is 1. The molecule has 3 rings (SSSR count). The van der Waals surface area contributed by atoms with Crippen molar-refractivity contribution in [2.24, 2.45) is 5.92 Å². The van der Waals surface area contributed by atoms with Crippen molar-refractivity contribution in [2.45, 2.75) is 25.8 Å². The third kappa shape index (κ3) is 3.99. The van der Waals surface area contributed by atoms with Crippen molar-refractivity contribution in [3.63, 3.8) is 0 Å². The molecule has 1 N–H and O–H groups in total. The largest absolute Gasteiger partial charge is 0.353 e. The highest BCUT2D eigenvalue weighted by Crippen LogP contribution is 2.32. The van der Waals surface area contributed by atoms with Gasteiger partial charge in [-0.3, -0.25) is 9.69 Å². The summed E-state index contributed by atoms with van der Waals surface area (Å²) >= 11 is 0. The summed E-state index contributed by atoms with van der Waals surface area (Å²) in [7, 11) is 0. The van der Waals surface area contributed by atoms with Gasteiger partial charge in [-0.1, -0.05) is 0 Å². The second-order valence-corrected chi connectivity index (χ2v) is 6.44. The first-order chi connectivity index (χ1) is 11.2. The molecule has 1 atom stereocenters. The Kier molecular flexibility index (Phi) is 4.77. The number of carbonyl (C=O) groups excluding carboxylic acids is 1. The van der Waals surface area contributed by atoms with Gasteiger partial charge in [-0.15, -0.1) is 0 Å². The Morgan fingerprint density at radius 2 is 2.17 bits per heavy atom. The standard InChI is InChI=1S/C17H23N5O/c1-13(14-4-5-14)20-16(23)12-21-7-9-22(10-8-21)17-15(11-18)3-2-6-19-17/h2-3,6,13-14H,4-5,7-10,12H2,1H3,(H,20,23). The highest BCUT2D eigenvalue weighted by atomic mass is 16.2. The number of pyridine rings is 1. The normalized spacial score (nSPS) is 19.9. The van der Waals surface area contributed by atoms with Crippen LogP contribution in [0, 0.1) is 17.2 Å². The van der Waals surface area contributed by atoms with E-state index in [1.165, 1.54) is 12.8 Å². The lowest BCUT2D eigenvalue weighted by atomic mass is 10.2. The molecule has 1 aliphatic heterocycles. The molecule has 1 saturated heterocycles. The average molecular weight is 313 g/mol. The number of amides is 1. The maximum Gasteiger partial charge on any atom is 0.234 e. The molecule has 0 radical (unpaired) electrons. The highest BCUT2D eigenvalue weighted by Gasteiger charge is 2.29. The number of nitrogens with zero attached hydrogens (tertiary/aromatic N) is 4. The molecule has 1 saturated carbocycles. The number of nitrogens with one attached hydrogen (secondary N) is 1. The summed E-state index contributed by atoms with van der Waals surface area (Å²) in [5, 5.41) is 12.3. The van der Waals surface area contributed by atoms with E-state index >= 15 is 0 Å². The summed E-state index contributed by atoms with van der Waals surface area (Å²) < 4.78 is 0. The lowest BCUT2D eigenvalue weighted by Crippen LogP contribution is -2.50. The van der Waals surface area contributed by atoms with E-state index in [0.29, 0.717) is 24.1 Å². The van der Waals surface area contributed by atoms with Crippen LogP contribution in [-0.2, 0) is 4.79 Å². The molecule has 1 unspecified atom stereocenters. The predicted octanol–water partition coefficient (Wildman–Crippen LogP) is 0.990. The predicted molar refractivity (Wildman–Crippen MR) is 87.9 cm³/mol. The second kappa shape index (κ2) is 6.97. The van der Waals surface area contributed by atoms with E-state index in [0.717, 1.165) is 32.0 Å². The Bertz CT molecular complexity index is 599. The molecule has 6 heteroatoms. The fourth-order valence-corrected chi connectivity index (χ4v) is 3.07. The van der Waals surface area contributed by atoms with Crippen LogP contribution < -0.4 is 10.2 Å².